The predicted octanol–water partition coefficient (Wildman–Crippen LogP) is 2.19. The number of amides is 1. The molecule has 0 aliphatic carbocycles. The Balaban J connectivity index is 1.82. The maximum absolute atomic E-state index is 11.6. The second kappa shape index (κ2) is 3.87. The minimum Gasteiger partial charge on any atom is -0.444 e. The van der Waals surface area contributed by atoms with Gasteiger partial charge in [-0.25, -0.2) is 4.79 Å². The van der Waals surface area contributed by atoms with Crippen molar-refractivity contribution in [3.05, 3.63) is 0 Å². The van der Waals surface area contributed by atoms with E-state index < -0.39 is 5.60 Å². The van der Waals surface area contributed by atoms with Crippen LogP contribution in [0.15, 0.2) is 0 Å². The van der Waals surface area contributed by atoms with Crippen LogP contribution >= 0.6 is 0 Å². The molecule has 2 fully saturated rings. The Kier molecular flexibility index (Phi) is 2.89. The van der Waals surface area contributed by atoms with E-state index in [1.54, 1.807) is 0 Å². The number of carbonyl (C=O) groups excluding carboxylic acids is 1. The lowest BCUT2D eigenvalue weighted by molar-refractivity contribution is 0.0512. The van der Waals surface area contributed by atoms with Crippen molar-refractivity contribution in [1.29, 1.82) is 0 Å². The highest BCUT2D eigenvalue weighted by Crippen LogP contribution is 2.44. The number of ether oxygens (including phenoxy) is 1. The third kappa shape index (κ3) is 2.92. The molecule has 2 N–H and O–H groups in total. The Hall–Kier alpha value is -0.770. The van der Waals surface area contributed by atoms with Crippen molar-refractivity contribution in [1.82, 2.24) is 10.6 Å². The van der Waals surface area contributed by atoms with E-state index in [0.29, 0.717) is 12.1 Å². The summed E-state index contributed by atoms with van der Waals surface area (Å²) in [5, 5.41) is 6.56. The van der Waals surface area contributed by atoms with Gasteiger partial charge in [0.25, 0.3) is 0 Å². The molecular formula is C13H24N2O2. The average Bonchev–Trinajstić information content (AvgIpc) is 2.66. The number of rotatable bonds is 2. The van der Waals surface area contributed by atoms with Crippen molar-refractivity contribution in [2.45, 2.75) is 70.1 Å². The van der Waals surface area contributed by atoms with Crippen molar-refractivity contribution in [3.63, 3.8) is 0 Å². The number of nitrogens with one attached hydrogen (secondary N) is 2. The average molecular weight is 240 g/mol. The van der Waals surface area contributed by atoms with Crippen LogP contribution in [0.25, 0.3) is 0 Å². The van der Waals surface area contributed by atoms with Crippen molar-refractivity contribution in [3.8, 4) is 0 Å². The summed E-state index contributed by atoms with van der Waals surface area (Å²) in [6.07, 6.45) is 4.42. The van der Waals surface area contributed by atoms with Crippen LogP contribution in [0.2, 0.25) is 0 Å². The molecule has 0 spiro atoms. The third-order valence-electron chi connectivity index (χ3n) is 3.85. The molecule has 0 aromatic heterocycles. The summed E-state index contributed by atoms with van der Waals surface area (Å²) >= 11 is 0. The number of hydrogen-bond acceptors (Lipinski definition) is 3. The molecule has 2 heterocycles. The zero-order valence-corrected chi connectivity index (χ0v) is 11.4. The van der Waals surface area contributed by atoms with Crippen molar-refractivity contribution in [2.24, 2.45) is 0 Å². The zero-order valence-electron chi connectivity index (χ0n) is 11.4. The van der Waals surface area contributed by atoms with Crippen LogP contribution in [-0.2, 0) is 4.74 Å². The number of fused-ring (bicyclic) bond motifs is 2. The smallest absolute Gasteiger partial charge is 0.407 e. The van der Waals surface area contributed by atoms with Gasteiger partial charge in [-0.2, -0.15) is 0 Å². The Morgan fingerprint density at radius 3 is 2.29 bits per heavy atom. The van der Waals surface area contributed by atoms with E-state index in [4.69, 9.17) is 4.74 Å². The highest BCUT2D eigenvalue weighted by molar-refractivity contribution is 5.67. The molecule has 98 valence electrons. The molecule has 0 aromatic rings. The summed E-state index contributed by atoms with van der Waals surface area (Å²) in [5.41, 5.74) is -0.00366. The Bertz CT molecular complexity index is 312. The van der Waals surface area contributed by atoms with E-state index in [2.05, 4.69) is 17.6 Å². The lowest BCUT2D eigenvalue weighted by atomic mass is 9.83. The highest BCUT2D eigenvalue weighted by atomic mass is 16.6. The highest BCUT2D eigenvalue weighted by Gasteiger charge is 2.50. The molecule has 0 unspecified atom stereocenters. The van der Waals surface area contributed by atoms with Gasteiger partial charge in [-0.05, 0) is 53.4 Å². The maximum Gasteiger partial charge on any atom is 0.407 e. The van der Waals surface area contributed by atoms with Crippen LogP contribution in [0.5, 0.6) is 0 Å². The van der Waals surface area contributed by atoms with Gasteiger partial charge in [0.05, 0.1) is 0 Å². The van der Waals surface area contributed by atoms with Gasteiger partial charge in [-0.15, -0.1) is 0 Å². The number of hydrogen-bond donors (Lipinski definition) is 2. The monoisotopic (exact) mass is 240 g/mol. The van der Waals surface area contributed by atoms with E-state index in [1.165, 1.54) is 12.8 Å². The molecular weight excluding hydrogens is 216 g/mol. The molecule has 4 nitrogen and oxygen atoms in total. The first kappa shape index (κ1) is 12.7. The Labute approximate surface area is 103 Å². The molecule has 2 aliphatic heterocycles. The summed E-state index contributed by atoms with van der Waals surface area (Å²) in [7, 11) is 0. The first-order valence-electron chi connectivity index (χ1n) is 6.48. The van der Waals surface area contributed by atoms with E-state index in [1.807, 2.05) is 20.8 Å². The fourth-order valence-corrected chi connectivity index (χ4v) is 2.95. The first-order chi connectivity index (χ1) is 7.72. The van der Waals surface area contributed by atoms with Gasteiger partial charge in [-0.1, -0.05) is 0 Å². The quantitative estimate of drug-likeness (QED) is 0.778. The molecule has 2 bridgehead atoms. The van der Waals surface area contributed by atoms with Gasteiger partial charge < -0.3 is 15.4 Å². The molecule has 1 amide bonds. The molecule has 0 atom stereocenters. The predicted molar refractivity (Wildman–Crippen MR) is 67.0 cm³/mol. The first-order valence-corrected chi connectivity index (χ1v) is 6.48. The summed E-state index contributed by atoms with van der Waals surface area (Å²) in [6.45, 7) is 8.59. The molecule has 17 heavy (non-hydrogen) atoms. The third-order valence-corrected chi connectivity index (χ3v) is 3.85. The maximum atomic E-state index is 11.6. The standard InChI is InChI=1S/C13H24N2O2/c1-11(2,3)17-10(16)14-9-13-7-5-12(4,15-13)6-8-13/h15H,5-9H2,1-4H3,(H,14,16). The second-order valence-electron chi connectivity index (χ2n) is 6.82. The van der Waals surface area contributed by atoms with Crippen molar-refractivity contribution >= 4 is 6.09 Å². The van der Waals surface area contributed by atoms with Gasteiger partial charge in [0.1, 0.15) is 5.60 Å². The molecule has 2 rings (SSSR count). The van der Waals surface area contributed by atoms with Gasteiger partial charge >= 0.3 is 6.09 Å². The van der Waals surface area contributed by atoms with Crippen LogP contribution in [0.4, 0.5) is 4.79 Å². The van der Waals surface area contributed by atoms with E-state index in [9.17, 15) is 4.79 Å². The fourth-order valence-electron chi connectivity index (χ4n) is 2.95. The second-order valence-corrected chi connectivity index (χ2v) is 6.82. The van der Waals surface area contributed by atoms with Crippen LogP contribution in [0, 0.1) is 0 Å². The lowest BCUT2D eigenvalue weighted by Crippen LogP contribution is -2.49. The minimum atomic E-state index is -0.422. The summed E-state index contributed by atoms with van der Waals surface area (Å²) in [5.74, 6) is 0. The molecule has 2 saturated heterocycles. The molecule has 2 aliphatic rings. The number of alkyl carbamates (subject to hydrolysis) is 1. The van der Waals surface area contributed by atoms with E-state index in [-0.39, 0.29) is 11.6 Å². The van der Waals surface area contributed by atoms with Crippen LogP contribution < -0.4 is 10.6 Å². The molecule has 4 heteroatoms. The molecule has 0 radical (unpaired) electrons. The van der Waals surface area contributed by atoms with Crippen molar-refractivity contribution in [2.75, 3.05) is 6.54 Å². The van der Waals surface area contributed by atoms with Gasteiger partial charge in [0.15, 0.2) is 0 Å². The summed E-state index contributed by atoms with van der Waals surface area (Å²) in [6, 6.07) is 0. The SMILES string of the molecule is CC12CCC(CNC(=O)OC(C)(C)C)(CC1)N2. The van der Waals surface area contributed by atoms with Gasteiger partial charge in [0.2, 0.25) is 0 Å². The van der Waals surface area contributed by atoms with E-state index in [0.717, 1.165) is 12.8 Å². The zero-order chi connectivity index (χ0) is 12.7. The summed E-state index contributed by atoms with van der Waals surface area (Å²) in [4.78, 5) is 11.6. The normalized spacial score (nSPS) is 36.0. The Morgan fingerprint density at radius 2 is 1.88 bits per heavy atom. The Morgan fingerprint density at radius 1 is 1.29 bits per heavy atom. The minimum absolute atomic E-state index is 0.117. The van der Waals surface area contributed by atoms with Gasteiger partial charge in [-0.3, -0.25) is 0 Å². The van der Waals surface area contributed by atoms with E-state index >= 15 is 0 Å². The van der Waals surface area contributed by atoms with Crippen LogP contribution in [0.1, 0.15) is 53.4 Å². The lowest BCUT2D eigenvalue weighted by Gasteiger charge is -2.27. The van der Waals surface area contributed by atoms with Crippen LogP contribution in [0.3, 0.4) is 0 Å². The molecule has 0 aromatic carbocycles. The van der Waals surface area contributed by atoms with Crippen LogP contribution in [-0.4, -0.2) is 29.3 Å². The topological polar surface area (TPSA) is 50.4 Å². The van der Waals surface area contributed by atoms with Crippen molar-refractivity contribution < 1.29 is 9.53 Å². The largest absolute Gasteiger partial charge is 0.444 e. The fraction of sp³-hybridized carbons (Fsp3) is 0.923. The summed E-state index contributed by atoms with van der Waals surface area (Å²) < 4.78 is 5.25. The number of carbonyl (C=O) groups is 1. The van der Waals surface area contributed by atoms with Gasteiger partial charge in [0, 0.05) is 17.6 Å². The molecule has 0 saturated carbocycles.